The lowest BCUT2D eigenvalue weighted by Crippen LogP contribution is -2.14. The van der Waals surface area contributed by atoms with Crippen molar-refractivity contribution in [2.24, 2.45) is 5.92 Å². The van der Waals surface area contributed by atoms with Gasteiger partial charge in [-0.2, -0.15) is 0 Å². The Morgan fingerprint density at radius 3 is 2.38 bits per heavy atom. The predicted molar refractivity (Wildman–Crippen MR) is 67.2 cm³/mol. The van der Waals surface area contributed by atoms with Gasteiger partial charge in [0.2, 0.25) is 0 Å². The molecule has 1 heterocycles. The van der Waals surface area contributed by atoms with Gasteiger partial charge in [-0.1, -0.05) is 26.7 Å². The van der Waals surface area contributed by atoms with Crippen LogP contribution in [-0.4, -0.2) is 10.1 Å². The number of pyridine rings is 1. The van der Waals surface area contributed by atoms with E-state index in [1.165, 1.54) is 0 Å². The lowest BCUT2D eigenvalue weighted by Gasteiger charge is -2.23. The molecule has 1 unspecified atom stereocenters. The van der Waals surface area contributed by atoms with Crippen molar-refractivity contribution in [2.45, 2.75) is 52.6 Å². The highest BCUT2D eigenvalue weighted by Crippen LogP contribution is 2.30. The number of aromatic nitrogens is 1. The van der Waals surface area contributed by atoms with Crippen molar-refractivity contribution >= 4 is 0 Å². The molecule has 90 valence electrons. The molecule has 0 aliphatic rings. The van der Waals surface area contributed by atoms with Crippen LogP contribution < -0.4 is 0 Å². The first-order valence-corrected chi connectivity index (χ1v) is 6.29. The quantitative estimate of drug-likeness (QED) is 0.795. The minimum atomic E-state index is -0.353. The molecule has 0 aromatic carbocycles. The Bertz CT molecular complexity index is 305. The van der Waals surface area contributed by atoms with Gasteiger partial charge in [-0.3, -0.25) is 4.98 Å². The van der Waals surface area contributed by atoms with Crippen molar-refractivity contribution in [1.29, 1.82) is 0 Å². The van der Waals surface area contributed by atoms with Crippen molar-refractivity contribution in [2.75, 3.05) is 0 Å². The molecule has 1 aromatic heterocycles. The van der Waals surface area contributed by atoms with Crippen LogP contribution in [0.4, 0.5) is 0 Å². The molecule has 16 heavy (non-hydrogen) atoms. The van der Waals surface area contributed by atoms with Crippen molar-refractivity contribution in [3.63, 3.8) is 0 Å². The number of hydrogen-bond donors (Lipinski definition) is 1. The summed E-state index contributed by atoms with van der Waals surface area (Å²) in [7, 11) is 0. The van der Waals surface area contributed by atoms with E-state index in [2.05, 4.69) is 18.8 Å². The maximum absolute atomic E-state index is 10.4. The number of aliphatic hydroxyl groups excluding tert-OH is 1. The smallest absolute Gasteiger partial charge is 0.0835 e. The van der Waals surface area contributed by atoms with Crippen molar-refractivity contribution < 1.29 is 5.11 Å². The van der Waals surface area contributed by atoms with E-state index in [1.807, 2.05) is 13.0 Å². The van der Waals surface area contributed by atoms with Crippen LogP contribution in [0.3, 0.4) is 0 Å². The van der Waals surface area contributed by atoms with Crippen molar-refractivity contribution in [1.82, 2.24) is 4.98 Å². The highest BCUT2D eigenvalue weighted by molar-refractivity contribution is 5.24. The Labute approximate surface area is 98.7 Å². The molecular weight excluding hydrogens is 198 g/mol. The van der Waals surface area contributed by atoms with Crippen molar-refractivity contribution in [3.05, 3.63) is 29.6 Å². The van der Waals surface area contributed by atoms with E-state index in [9.17, 15) is 5.11 Å². The number of rotatable bonds is 6. The molecule has 2 nitrogen and oxygen atoms in total. The average molecular weight is 221 g/mol. The molecule has 0 aliphatic heterocycles. The maximum atomic E-state index is 10.4. The number of hydrogen-bond acceptors (Lipinski definition) is 2. The Balaban J connectivity index is 2.81. The fraction of sp³-hybridized carbons (Fsp3) is 0.643. The molecule has 2 heteroatoms. The summed E-state index contributed by atoms with van der Waals surface area (Å²) in [5.41, 5.74) is 2.13. The molecule has 0 aliphatic carbocycles. The number of aryl methyl sites for hydroxylation is 1. The van der Waals surface area contributed by atoms with Gasteiger partial charge in [0.05, 0.1) is 6.10 Å². The molecule has 0 saturated carbocycles. The fourth-order valence-electron chi connectivity index (χ4n) is 2.24. The second kappa shape index (κ2) is 6.64. The van der Waals surface area contributed by atoms with Gasteiger partial charge >= 0.3 is 0 Å². The molecule has 0 bridgehead atoms. The van der Waals surface area contributed by atoms with Gasteiger partial charge in [-0.25, -0.2) is 0 Å². The van der Waals surface area contributed by atoms with Crippen LogP contribution in [0.5, 0.6) is 0 Å². The van der Waals surface area contributed by atoms with E-state index in [4.69, 9.17) is 0 Å². The van der Waals surface area contributed by atoms with Gasteiger partial charge in [0, 0.05) is 18.0 Å². The third kappa shape index (κ3) is 3.31. The zero-order valence-corrected chi connectivity index (χ0v) is 10.6. The minimum absolute atomic E-state index is 0.353. The van der Waals surface area contributed by atoms with E-state index in [-0.39, 0.29) is 6.10 Å². The summed E-state index contributed by atoms with van der Waals surface area (Å²) < 4.78 is 0. The zero-order valence-electron chi connectivity index (χ0n) is 10.6. The molecular formula is C14H23NO. The Morgan fingerprint density at radius 2 is 1.88 bits per heavy atom. The normalized spacial score (nSPS) is 13.1. The van der Waals surface area contributed by atoms with E-state index in [0.717, 1.165) is 36.8 Å². The van der Waals surface area contributed by atoms with Gasteiger partial charge in [0.25, 0.3) is 0 Å². The maximum Gasteiger partial charge on any atom is 0.0835 e. The standard InChI is InChI=1S/C14H23NO/c1-4-6-12(7-5-2)14(16)13-10-15-9-8-11(13)3/h8-10,12,14,16H,4-7H2,1-3H3. The molecule has 1 rings (SSSR count). The molecule has 0 fully saturated rings. The SMILES string of the molecule is CCCC(CCC)C(O)c1cnccc1C. The van der Waals surface area contributed by atoms with Crippen molar-refractivity contribution in [3.8, 4) is 0 Å². The predicted octanol–water partition coefficient (Wildman–Crippen LogP) is 3.64. The van der Waals surface area contributed by atoms with Gasteiger partial charge in [-0.05, 0) is 37.3 Å². The van der Waals surface area contributed by atoms with Gasteiger partial charge in [0.15, 0.2) is 0 Å². The van der Waals surface area contributed by atoms with Gasteiger partial charge in [0.1, 0.15) is 0 Å². The van der Waals surface area contributed by atoms with Crippen LogP contribution in [0.2, 0.25) is 0 Å². The molecule has 1 N–H and O–H groups in total. The monoisotopic (exact) mass is 221 g/mol. The third-order valence-corrected chi connectivity index (χ3v) is 3.16. The first-order chi connectivity index (χ1) is 7.70. The lowest BCUT2D eigenvalue weighted by molar-refractivity contribution is 0.0955. The summed E-state index contributed by atoms with van der Waals surface area (Å²) in [6, 6.07) is 1.97. The van der Waals surface area contributed by atoms with Crippen LogP contribution in [0, 0.1) is 12.8 Å². The van der Waals surface area contributed by atoms with Crippen LogP contribution in [0.15, 0.2) is 18.5 Å². The molecule has 0 saturated heterocycles. The summed E-state index contributed by atoms with van der Waals surface area (Å²) in [4.78, 5) is 4.11. The summed E-state index contributed by atoms with van der Waals surface area (Å²) in [6.45, 7) is 6.38. The number of nitrogens with zero attached hydrogens (tertiary/aromatic N) is 1. The molecule has 1 aromatic rings. The highest BCUT2D eigenvalue weighted by atomic mass is 16.3. The van der Waals surface area contributed by atoms with Crippen LogP contribution in [0.1, 0.15) is 56.8 Å². The summed E-state index contributed by atoms with van der Waals surface area (Å²) in [5, 5.41) is 10.4. The molecule has 0 spiro atoms. The number of aliphatic hydroxyl groups is 1. The van der Waals surface area contributed by atoms with Crippen LogP contribution in [0.25, 0.3) is 0 Å². The average Bonchev–Trinajstić information content (AvgIpc) is 2.28. The topological polar surface area (TPSA) is 33.1 Å². The van der Waals surface area contributed by atoms with Crippen LogP contribution in [-0.2, 0) is 0 Å². The first-order valence-electron chi connectivity index (χ1n) is 6.29. The Kier molecular flexibility index (Phi) is 5.47. The van der Waals surface area contributed by atoms with E-state index >= 15 is 0 Å². The summed E-state index contributed by atoms with van der Waals surface area (Å²) >= 11 is 0. The second-order valence-corrected chi connectivity index (χ2v) is 4.51. The summed E-state index contributed by atoms with van der Waals surface area (Å²) in [5.74, 6) is 0.373. The Morgan fingerprint density at radius 1 is 1.25 bits per heavy atom. The van der Waals surface area contributed by atoms with E-state index < -0.39 is 0 Å². The van der Waals surface area contributed by atoms with E-state index in [0.29, 0.717) is 5.92 Å². The molecule has 0 radical (unpaired) electrons. The first kappa shape index (κ1) is 13.2. The molecule has 1 atom stereocenters. The largest absolute Gasteiger partial charge is 0.388 e. The summed E-state index contributed by atoms with van der Waals surface area (Å²) in [6.07, 6.45) is 7.65. The van der Waals surface area contributed by atoms with Gasteiger partial charge < -0.3 is 5.11 Å². The third-order valence-electron chi connectivity index (χ3n) is 3.16. The Hall–Kier alpha value is -0.890. The van der Waals surface area contributed by atoms with Crippen LogP contribution >= 0.6 is 0 Å². The molecule has 0 amide bonds. The highest BCUT2D eigenvalue weighted by Gasteiger charge is 2.20. The minimum Gasteiger partial charge on any atom is -0.388 e. The lowest BCUT2D eigenvalue weighted by atomic mass is 9.87. The zero-order chi connectivity index (χ0) is 12.0. The van der Waals surface area contributed by atoms with E-state index in [1.54, 1.807) is 12.4 Å². The fourth-order valence-corrected chi connectivity index (χ4v) is 2.24. The second-order valence-electron chi connectivity index (χ2n) is 4.51. The van der Waals surface area contributed by atoms with Gasteiger partial charge in [-0.15, -0.1) is 0 Å².